The number of alkyl halides is 4. The molecule has 0 aliphatic rings. The minimum absolute atomic E-state index is 0.0176. The van der Waals surface area contributed by atoms with Crippen molar-refractivity contribution in [1.29, 1.82) is 0 Å². The molecular weight excluding hydrogens is 560 g/mol. The first-order valence-electron chi connectivity index (χ1n) is 13.0. The highest BCUT2D eigenvalue weighted by Crippen LogP contribution is 2.23. The molecule has 2 aromatic heterocycles. The van der Waals surface area contributed by atoms with Gasteiger partial charge in [-0.3, -0.25) is 14.3 Å². The van der Waals surface area contributed by atoms with Gasteiger partial charge in [0.1, 0.15) is 11.9 Å². The van der Waals surface area contributed by atoms with Crippen molar-refractivity contribution in [3.8, 4) is 5.75 Å². The number of hydrogen-bond donors (Lipinski definition) is 2. The second kappa shape index (κ2) is 13.7. The molecule has 2 amide bonds. The van der Waals surface area contributed by atoms with Crippen molar-refractivity contribution in [2.24, 2.45) is 0 Å². The van der Waals surface area contributed by atoms with Crippen LogP contribution in [0.2, 0.25) is 0 Å². The number of benzene rings is 2. The molecule has 0 spiro atoms. The Morgan fingerprint density at radius 3 is 2.36 bits per heavy atom. The van der Waals surface area contributed by atoms with Crippen LogP contribution in [-0.2, 0) is 19.6 Å². The normalized spacial score (nSPS) is 12.9. The van der Waals surface area contributed by atoms with Gasteiger partial charge < -0.3 is 15.4 Å². The number of amides is 2. The van der Waals surface area contributed by atoms with Gasteiger partial charge in [-0.05, 0) is 29.7 Å². The average Bonchev–Trinajstić information content (AvgIpc) is 3.63. The molecule has 222 valence electrons. The van der Waals surface area contributed by atoms with Crippen LogP contribution in [0.1, 0.15) is 57.9 Å². The summed E-state index contributed by atoms with van der Waals surface area (Å²) in [6, 6.07) is 14.5. The lowest BCUT2D eigenvalue weighted by molar-refractivity contribution is -0.274. The zero-order chi connectivity index (χ0) is 30.1. The Labute approximate surface area is 237 Å². The van der Waals surface area contributed by atoms with Crippen LogP contribution in [0.25, 0.3) is 0 Å². The maximum Gasteiger partial charge on any atom is 0.573 e. The number of nitrogens with one attached hydrogen (secondary N) is 2. The van der Waals surface area contributed by atoms with Gasteiger partial charge in [0.2, 0.25) is 0 Å². The topological polar surface area (TPSA) is 129 Å². The molecule has 0 aliphatic heterocycles. The Balaban J connectivity index is 1.22. The zero-order valence-electron chi connectivity index (χ0n) is 22.5. The lowest BCUT2D eigenvalue weighted by Gasteiger charge is -2.16. The molecule has 0 fully saturated rings. The predicted molar refractivity (Wildman–Crippen MR) is 141 cm³/mol. The van der Waals surface area contributed by atoms with Crippen molar-refractivity contribution in [2.75, 3.05) is 0 Å². The predicted octanol–water partition coefficient (Wildman–Crippen LogP) is 4.01. The minimum Gasteiger partial charge on any atom is -0.406 e. The average molecular weight is 589 g/mol. The third kappa shape index (κ3) is 8.84. The van der Waals surface area contributed by atoms with Crippen molar-refractivity contribution in [3.63, 3.8) is 0 Å². The summed E-state index contributed by atoms with van der Waals surface area (Å²) in [6.07, 6.45) is -2.78. The molecule has 15 heteroatoms. The van der Waals surface area contributed by atoms with E-state index in [1.807, 2.05) is 37.3 Å². The van der Waals surface area contributed by atoms with Gasteiger partial charge in [-0.25, -0.2) is 9.07 Å². The van der Waals surface area contributed by atoms with E-state index in [1.54, 1.807) is 0 Å². The molecule has 0 saturated carbocycles. The van der Waals surface area contributed by atoms with Crippen LogP contribution in [0.15, 0.2) is 67.0 Å². The van der Waals surface area contributed by atoms with E-state index in [-0.39, 0.29) is 43.5 Å². The molecule has 2 N–H and O–H groups in total. The fourth-order valence-corrected chi connectivity index (χ4v) is 4.03. The number of rotatable bonds is 13. The molecular formula is C27H28F4N8O3. The highest BCUT2D eigenvalue weighted by Gasteiger charge is 2.31. The van der Waals surface area contributed by atoms with Gasteiger partial charge in [-0.2, -0.15) is 0 Å². The molecule has 0 aliphatic carbocycles. The fourth-order valence-electron chi connectivity index (χ4n) is 4.03. The van der Waals surface area contributed by atoms with Crippen LogP contribution >= 0.6 is 0 Å². The summed E-state index contributed by atoms with van der Waals surface area (Å²) >= 11 is 0. The van der Waals surface area contributed by atoms with E-state index in [0.29, 0.717) is 12.0 Å². The standard InChI is InChI=1S/C27H28F4N8O3/c1-2-22(19-8-4-3-5-9-19)33-26(41)24-17-39(37-35-24)15-20(28)11-12-38-16-23(34-36-38)25(40)32-14-18-7-6-10-21(13-18)42-27(29,30)31/h3-10,13,16-17,20,22H,2,11-12,14-15H2,1H3,(H,32,40)(H,33,41)/t20?,22-/m1/s1. The van der Waals surface area contributed by atoms with Gasteiger partial charge >= 0.3 is 6.36 Å². The van der Waals surface area contributed by atoms with Crippen LogP contribution in [0.4, 0.5) is 17.6 Å². The van der Waals surface area contributed by atoms with Crippen molar-refractivity contribution < 1.29 is 31.9 Å². The Hall–Kier alpha value is -4.82. The maximum absolute atomic E-state index is 14.7. The monoisotopic (exact) mass is 588 g/mol. The molecule has 11 nitrogen and oxygen atoms in total. The molecule has 1 unspecified atom stereocenters. The molecule has 4 rings (SSSR count). The Bertz CT molecular complexity index is 1480. The summed E-state index contributed by atoms with van der Waals surface area (Å²) in [5.74, 6) is -1.42. The van der Waals surface area contributed by atoms with E-state index < -0.39 is 30.1 Å². The Morgan fingerprint density at radius 2 is 1.64 bits per heavy atom. The number of carbonyl (C=O) groups excluding carboxylic acids is 2. The highest BCUT2D eigenvalue weighted by molar-refractivity contribution is 5.92. The van der Waals surface area contributed by atoms with Gasteiger partial charge in [0, 0.05) is 19.5 Å². The number of ether oxygens (including phenoxy) is 1. The summed E-state index contributed by atoms with van der Waals surface area (Å²) in [7, 11) is 0. The van der Waals surface area contributed by atoms with Crippen molar-refractivity contribution in [1.82, 2.24) is 40.6 Å². The number of aryl methyl sites for hydroxylation is 1. The highest BCUT2D eigenvalue weighted by atomic mass is 19.4. The minimum atomic E-state index is -4.82. The second-order valence-corrected chi connectivity index (χ2v) is 9.30. The number of nitrogens with zero attached hydrogens (tertiary/aromatic N) is 6. The summed E-state index contributed by atoms with van der Waals surface area (Å²) in [6.45, 7) is 1.84. The van der Waals surface area contributed by atoms with Crippen molar-refractivity contribution >= 4 is 11.8 Å². The van der Waals surface area contributed by atoms with E-state index in [0.717, 1.165) is 17.7 Å². The summed E-state index contributed by atoms with van der Waals surface area (Å²) in [5, 5.41) is 20.7. The lowest BCUT2D eigenvalue weighted by Crippen LogP contribution is -2.28. The van der Waals surface area contributed by atoms with E-state index in [4.69, 9.17) is 0 Å². The van der Waals surface area contributed by atoms with E-state index in [9.17, 15) is 27.2 Å². The van der Waals surface area contributed by atoms with E-state index in [2.05, 4.69) is 36.0 Å². The van der Waals surface area contributed by atoms with Crippen molar-refractivity contribution in [2.45, 2.75) is 58.0 Å². The molecule has 0 saturated heterocycles. The SMILES string of the molecule is CC[C@@H](NC(=O)c1cn(CC(F)CCn2cc(C(=O)NCc3cccc(OC(F)(F)F)c3)nn2)nn1)c1ccccc1. The van der Waals surface area contributed by atoms with Crippen LogP contribution in [0.3, 0.4) is 0 Å². The van der Waals surface area contributed by atoms with Gasteiger partial charge in [-0.15, -0.1) is 23.4 Å². The van der Waals surface area contributed by atoms with Crippen LogP contribution < -0.4 is 15.4 Å². The molecule has 0 radical (unpaired) electrons. The Morgan fingerprint density at radius 1 is 0.952 bits per heavy atom. The van der Waals surface area contributed by atoms with E-state index >= 15 is 0 Å². The quantitative estimate of drug-likeness (QED) is 0.226. The van der Waals surface area contributed by atoms with Crippen molar-refractivity contribution in [3.05, 3.63) is 89.5 Å². The first-order chi connectivity index (χ1) is 20.1. The van der Waals surface area contributed by atoms with Gasteiger partial charge in [0.25, 0.3) is 11.8 Å². The van der Waals surface area contributed by atoms with Gasteiger partial charge in [-0.1, -0.05) is 59.8 Å². The summed E-state index contributed by atoms with van der Waals surface area (Å²) < 4.78 is 58.3. The zero-order valence-corrected chi connectivity index (χ0v) is 22.5. The largest absolute Gasteiger partial charge is 0.573 e. The molecule has 0 bridgehead atoms. The van der Waals surface area contributed by atoms with E-state index in [1.165, 1.54) is 33.9 Å². The second-order valence-electron chi connectivity index (χ2n) is 9.30. The van der Waals surface area contributed by atoms with Crippen LogP contribution in [-0.4, -0.2) is 54.3 Å². The number of aromatic nitrogens is 6. The first kappa shape index (κ1) is 30.1. The third-order valence-electron chi connectivity index (χ3n) is 6.10. The van der Waals surface area contributed by atoms with Crippen LogP contribution in [0.5, 0.6) is 5.75 Å². The Kier molecular flexibility index (Phi) is 9.83. The molecule has 42 heavy (non-hydrogen) atoms. The fraction of sp³-hybridized carbons (Fsp3) is 0.333. The summed E-state index contributed by atoms with van der Waals surface area (Å²) in [4.78, 5) is 25.0. The van der Waals surface area contributed by atoms with Gasteiger partial charge in [0.05, 0.1) is 25.0 Å². The van der Waals surface area contributed by atoms with Gasteiger partial charge in [0.15, 0.2) is 11.4 Å². The third-order valence-corrected chi connectivity index (χ3v) is 6.10. The number of hydrogen-bond acceptors (Lipinski definition) is 7. The summed E-state index contributed by atoms with van der Waals surface area (Å²) in [5.41, 5.74) is 1.37. The first-order valence-corrected chi connectivity index (χ1v) is 13.0. The number of halogens is 4. The lowest BCUT2D eigenvalue weighted by atomic mass is 10.0. The maximum atomic E-state index is 14.7. The smallest absolute Gasteiger partial charge is 0.406 e. The van der Waals surface area contributed by atoms with Crippen LogP contribution in [0, 0.1) is 0 Å². The molecule has 4 aromatic rings. The molecule has 2 aromatic carbocycles. The number of carbonyl (C=O) groups is 2. The molecule has 2 atom stereocenters. The molecule has 2 heterocycles.